The van der Waals surface area contributed by atoms with E-state index in [9.17, 15) is 4.79 Å². The third-order valence-electron chi connectivity index (χ3n) is 2.82. The van der Waals surface area contributed by atoms with Gasteiger partial charge in [-0.05, 0) is 30.3 Å². The van der Waals surface area contributed by atoms with Crippen molar-refractivity contribution in [1.29, 1.82) is 0 Å². The van der Waals surface area contributed by atoms with Gasteiger partial charge in [0, 0.05) is 17.4 Å². The molecule has 0 saturated heterocycles. The van der Waals surface area contributed by atoms with Crippen molar-refractivity contribution in [3.8, 4) is 11.5 Å². The van der Waals surface area contributed by atoms with Crippen molar-refractivity contribution in [3.05, 3.63) is 59.0 Å². The molecule has 2 aromatic carbocycles. The van der Waals surface area contributed by atoms with Crippen LogP contribution in [0.15, 0.2) is 48.9 Å². The van der Waals surface area contributed by atoms with E-state index < -0.39 is 6.03 Å². The highest BCUT2D eigenvalue weighted by molar-refractivity contribution is 6.42. The summed E-state index contributed by atoms with van der Waals surface area (Å²) in [5.41, 5.74) is 1.10. The molecule has 5 nitrogen and oxygen atoms in total. The summed E-state index contributed by atoms with van der Waals surface area (Å²) in [6.45, 7) is 0. The van der Waals surface area contributed by atoms with E-state index in [-0.39, 0.29) is 0 Å². The maximum atomic E-state index is 12.0. The second-order valence-corrected chi connectivity index (χ2v) is 5.19. The van der Waals surface area contributed by atoms with E-state index in [4.69, 9.17) is 32.7 Å². The van der Waals surface area contributed by atoms with Crippen LogP contribution in [0.5, 0.6) is 11.5 Å². The molecule has 2 aromatic rings. The van der Waals surface area contributed by atoms with Gasteiger partial charge >= 0.3 is 6.03 Å². The molecule has 7 heteroatoms. The largest absolute Gasteiger partial charge is 0.458 e. The number of halogens is 2. The Morgan fingerprint density at radius 3 is 2.18 bits per heavy atom. The molecule has 1 heterocycles. The summed E-state index contributed by atoms with van der Waals surface area (Å²) in [4.78, 5) is 12.0. The lowest BCUT2D eigenvalue weighted by molar-refractivity contribution is 0.262. The van der Waals surface area contributed by atoms with Gasteiger partial charge in [0.15, 0.2) is 11.5 Å². The van der Waals surface area contributed by atoms with E-state index in [2.05, 4.69) is 10.6 Å². The van der Waals surface area contributed by atoms with Gasteiger partial charge in [0.05, 0.1) is 10.0 Å². The van der Waals surface area contributed by atoms with Gasteiger partial charge in [-0.1, -0.05) is 23.2 Å². The Balaban J connectivity index is 1.68. The van der Waals surface area contributed by atoms with Crippen LogP contribution in [0, 0.1) is 0 Å². The molecule has 0 radical (unpaired) electrons. The molecule has 112 valence electrons. The number of benzene rings is 2. The fourth-order valence-corrected chi connectivity index (χ4v) is 2.14. The molecule has 3 rings (SSSR count). The second-order valence-electron chi connectivity index (χ2n) is 4.38. The fourth-order valence-electron chi connectivity index (χ4n) is 1.84. The van der Waals surface area contributed by atoms with Gasteiger partial charge < -0.3 is 20.1 Å². The Bertz CT molecular complexity index is 762. The minimum atomic E-state index is -0.411. The number of ether oxygens (including phenoxy) is 2. The zero-order valence-corrected chi connectivity index (χ0v) is 12.6. The van der Waals surface area contributed by atoms with Crippen molar-refractivity contribution in [1.82, 2.24) is 0 Å². The van der Waals surface area contributed by atoms with Crippen molar-refractivity contribution in [2.75, 3.05) is 10.6 Å². The minimum absolute atomic E-state index is 0.366. The van der Waals surface area contributed by atoms with Crippen molar-refractivity contribution >= 4 is 40.6 Å². The lowest BCUT2D eigenvalue weighted by Gasteiger charge is -2.14. The van der Waals surface area contributed by atoms with Crippen LogP contribution in [0.25, 0.3) is 0 Å². The highest BCUT2D eigenvalue weighted by Gasteiger charge is 2.11. The number of hydrogen-bond acceptors (Lipinski definition) is 3. The quantitative estimate of drug-likeness (QED) is 0.821. The van der Waals surface area contributed by atoms with Gasteiger partial charge in [0.25, 0.3) is 0 Å². The first kappa shape index (κ1) is 14.6. The van der Waals surface area contributed by atoms with Crippen molar-refractivity contribution in [3.63, 3.8) is 0 Å². The Labute approximate surface area is 136 Å². The number of fused-ring (bicyclic) bond motifs is 1. The summed E-state index contributed by atoms with van der Waals surface area (Å²) in [5, 5.41) is 6.14. The van der Waals surface area contributed by atoms with Crippen LogP contribution in [0.4, 0.5) is 16.2 Å². The molecule has 22 heavy (non-hydrogen) atoms. The smallest absolute Gasteiger partial charge is 0.323 e. The number of hydrogen-bond donors (Lipinski definition) is 2. The molecule has 2 N–H and O–H groups in total. The summed E-state index contributed by atoms with van der Waals surface area (Å²) in [7, 11) is 0. The summed E-state index contributed by atoms with van der Waals surface area (Å²) < 4.78 is 10.5. The van der Waals surface area contributed by atoms with E-state index in [1.165, 1.54) is 12.5 Å². The van der Waals surface area contributed by atoms with Crippen molar-refractivity contribution in [2.45, 2.75) is 0 Å². The predicted molar refractivity (Wildman–Crippen MR) is 85.9 cm³/mol. The molecule has 1 aliphatic rings. The zero-order chi connectivity index (χ0) is 15.5. The van der Waals surface area contributed by atoms with E-state index in [0.29, 0.717) is 32.9 Å². The Hall–Kier alpha value is -2.37. The zero-order valence-electron chi connectivity index (χ0n) is 11.1. The van der Waals surface area contributed by atoms with E-state index in [1.54, 1.807) is 36.4 Å². The number of carbonyl (C=O) groups is 1. The summed E-state index contributed by atoms with van der Waals surface area (Å²) in [6, 6.07) is 9.48. The summed E-state index contributed by atoms with van der Waals surface area (Å²) >= 11 is 11.7. The van der Waals surface area contributed by atoms with E-state index in [0.717, 1.165) is 0 Å². The molecule has 0 aromatic heterocycles. The fraction of sp³-hybridized carbons (Fsp3) is 0. The highest BCUT2D eigenvalue weighted by Crippen LogP contribution is 2.33. The Morgan fingerprint density at radius 2 is 1.45 bits per heavy atom. The first-order valence-corrected chi connectivity index (χ1v) is 7.03. The first-order chi connectivity index (χ1) is 10.6. The second kappa shape index (κ2) is 6.17. The van der Waals surface area contributed by atoms with Crippen molar-refractivity contribution < 1.29 is 14.3 Å². The number of rotatable bonds is 2. The first-order valence-electron chi connectivity index (χ1n) is 6.27. The highest BCUT2D eigenvalue weighted by atomic mass is 35.5. The molecular weight excluding hydrogens is 327 g/mol. The van der Waals surface area contributed by atoms with Gasteiger partial charge in [-0.2, -0.15) is 0 Å². The number of anilines is 2. The topological polar surface area (TPSA) is 59.6 Å². The average Bonchev–Trinajstić information content (AvgIpc) is 2.51. The molecule has 0 bridgehead atoms. The van der Waals surface area contributed by atoms with E-state index >= 15 is 0 Å². The molecule has 2 amide bonds. The van der Waals surface area contributed by atoms with Crippen LogP contribution in [-0.2, 0) is 0 Å². The third-order valence-corrected chi connectivity index (χ3v) is 3.56. The van der Waals surface area contributed by atoms with Crippen LogP contribution in [0.2, 0.25) is 10.0 Å². The Morgan fingerprint density at radius 1 is 0.818 bits per heavy atom. The molecule has 0 atom stereocenters. The lowest BCUT2D eigenvalue weighted by atomic mass is 10.2. The van der Waals surface area contributed by atoms with Crippen LogP contribution in [-0.4, -0.2) is 6.03 Å². The van der Waals surface area contributed by atoms with Gasteiger partial charge in [-0.15, -0.1) is 0 Å². The maximum absolute atomic E-state index is 12.0. The molecule has 0 unspecified atom stereocenters. The van der Waals surface area contributed by atoms with Crippen LogP contribution < -0.4 is 20.1 Å². The molecule has 1 aliphatic heterocycles. The number of urea groups is 1. The summed E-state index contributed by atoms with van der Waals surface area (Å²) in [5.74, 6) is 1.10. The third kappa shape index (κ3) is 3.27. The van der Waals surface area contributed by atoms with Gasteiger partial charge in [0.2, 0.25) is 0 Å². The van der Waals surface area contributed by atoms with Gasteiger partial charge in [0.1, 0.15) is 12.5 Å². The SMILES string of the molecule is O=C(Nc1ccc(Cl)c(Cl)c1)Nc1ccc2c(c1)OC=CO2. The normalized spacial score (nSPS) is 11.9. The maximum Gasteiger partial charge on any atom is 0.323 e. The molecular formula is C15H10Cl2N2O3. The van der Waals surface area contributed by atoms with Gasteiger partial charge in [-0.3, -0.25) is 0 Å². The summed E-state index contributed by atoms with van der Waals surface area (Å²) in [6.07, 6.45) is 2.86. The minimum Gasteiger partial charge on any atom is -0.458 e. The number of nitrogens with one attached hydrogen (secondary N) is 2. The lowest BCUT2D eigenvalue weighted by Crippen LogP contribution is -2.19. The van der Waals surface area contributed by atoms with Crippen LogP contribution in [0.1, 0.15) is 0 Å². The van der Waals surface area contributed by atoms with Crippen LogP contribution >= 0.6 is 23.2 Å². The van der Waals surface area contributed by atoms with Crippen LogP contribution in [0.3, 0.4) is 0 Å². The number of carbonyl (C=O) groups excluding carboxylic acids is 1. The molecule has 0 saturated carbocycles. The van der Waals surface area contributed by atoms with Gasteiger partial charge in [-0.25, -0.2) is 4.79 Å². The Kier molecular flexibility index (Phi) is 4.09. The van der Waals surface area contributed by atoms with E-state index in [1.807, 2.05) is 0 Å². The monoisotopic (exact) mass is 336 g/mol. The van der Waals surface area contributed by atoms with Crippen molar-refractivity contribution in [2.24, 2.45) is 0 Å². The molecule has 0 aliphatic carbocycles. The number of amides is 2. The molecule has 0 fully saturated rings. The average molecular weight is 337 g/mol. The predicted octanol–water partition coefficient (Wildman–Crippen LogP) is 4.88. The molecule has 0 spiro atoms. The standard InChI is InChI=1S/C15H10Cl2N2O3/c16-11-3-1-9(7-12(11)17)18-15(20)19-10-2-4-13-14(8-10)22-6-5-21-13/h1-8H,(H2,18,19,20).